The van der Waals surface area contributed by atoms with Gasteiger partial charge in [0.05, 0.1) is 29.4 Å². The van der Waals surface area contributed by atoms with E-state index in [1.165, 1.54) is 5.56 Å². The first-order valence-corrected chi connectivity index (χ1v) is 9.72. The molecule has 1 atom stereocenters. The molecule has 1 N–H and O–H groups in total. The fraction of sp³-hybridized carbons (Fsp3) is 0.125. The normalized spacial score (nSPS) is 15.6. The zero-order valence-corrected chi connectivity index (χ0v) is 17.0. The van der Waals surface area contributed by atoms with Crippen LogP contribution in [0.4, 0.5) is 0 Å². The highest BCUT2D eigenvalue weighted by Crippen LogP contribution is 2.34. The first-order valence-electron chi connectivity index (χ1n) is 9.34. The molecule has 1 amide bonds. The van der Waals surface area contributed by atoms with Gasteiger partial charge in [-0.15, -0.1) is 0 Å². The quantitative estimate of drug-likeness (QED) is 0.633. The Kier molecular flexibility index (Phi) is 5.28. The van der Waals surface area contributed by atoms with Crippen molar-refractivity contribution in [1.29, 1.82) is 0 Å². The van der Waals surface area contributed by atoms with Crippen molar-refractivity contribution >= 4 is 23.2 Å². The van der Waals surface area contributed by atoms with Gasteiger partial charge in [0.15, 0.2) is 0 Å². The number of methoxy groups -OCH3 is 1. The highest BCUT2D eigenvalue weighted by molar-refractivity contribution is 6.33. The number of ether oxygens (including phenoxy) is 1. The third-order valence-corrected chi connectivity index (χ3v) is 5.32. The summed E-state index contributed by atoms with van der Waals surface area (Å²) in [5, 5.41) is 2.05. The minimum absolute atomic E-state index is 0.185. The number of benzene rings is 3. The van der Waals surface area contributed by atoms with Crippen molar-refractivity contribution in [2.45, 2.75) is 13.0 Å². The Balaban J connectivity index is 1.73. The molecule has 0 unspecified atom stereocenters. The Bertz CT molecular complexity index is 1060. The molecule has 1 heterocycles. The largest absolute Gasteiger partial charge is 0.497 e. The third-order valence-electron chi connectivity index (χ3n) is 4.99. The Morgan fingerprint density at radius 3 is 2.34 bits per heavy atom. The Hall–Kier alpha value is -3.24. The van der Waals surface area contributed by atoms with Crippen LogP contribution in [-0.4, -0.2) is 18.0 Å². The molecule has 1 aliphatic rings. The summed E-state index contributed by atoms with van der Waals surface area (Å²) in [6, 6.07) is 22.7. The number of hydrogen-bond donors (Lipinski definition) is 1. The fourth-order valence-corrected chi connectivity index (χ4v) is 3.57. The maximum atomic E-state index is 13.3. The summed E-state index contributed by atoms with van der Waals surface area (Å²) >= 11 is 6.29. The Labute approximate surface area is 175 Å². The molecule has 0 aromatic heterocycles. The van der Waals surface area contributed by atoms with Gasteiger partial charge in [-0.2, -0.15) is 0 Å². The molecule has 1 aliphatic heterocycles. The van der Waals surface area contributed by atoms with Crippen LogP contribution >= 0.6 is 11.6 Å². The van der Waals surface area contributed by atoms with Crippen LogP contribution in [0, 0.1) is 6.92 Å². The summed E-state index contributed by atoms with van der Waals surface area (Å²) in [4.78, 5) is 13.3. The molecule has 4 nitrogen and oxygen atoms in total. The van der Waals surface area contributed by atoms with Gasteiger partial charge in [0.25, 0.3) is 5.91 Å². The van der Waals surface area contributed by atoms with E-state index < -0.39 is 0 Å². The van der Waals surface area contributed by atoms with E-state index in [1.54, 1.807) is 24.3 Å². The molecule has 5 heteroatoms. The van der Waals surface area contributed by atoms with Gasteiger partial charge in [0, 0.05) is 0 Å². The fourth-order valence-electron chi connectivity index (χ4n) is 3.35. The van der Waals surface area contributed by atoms with Gasteiger partial charge in [-0.25, -0.2) is 5.01 Å². The van der Waals surface area contributed by atoms with Gasteiger partial charge >= 0.3 is 0 Å². The number of carbonyl (C=O) groups is 1. The molecule has 3 aromatic carbocycles. The molecule has 0 saturated carbocycles. The first-order chi connectivity index (χ1) is 14.1. The third kappa shape index (κ3) is 3.84. The smallest absolute Gasteiger partial charge is 0.274 e. The minimum Gasteiger partial charge on any atom is -0.497 e. The van der Waals surface area contributed by atoms with Crippen molar-refractivity contribution in [2.24, 2.45) is 0 Å². The van der Waals surface area contributed by atoms with Crippen LogP contribution in [0.1, 0.15) is 33.1 Å². The number of carbonyl (C=O) groups excluding carboxylic acids is 1. The highest BCUT2D eigenvalue weighted by Gasteiger charge is 2.32. The zero-order chi connectivity index (χ0) is 20.4. The highest BCUT2D eigenvalue weighted by atomic mass is 35.5. The van der Waals surface area contributed by atoms with Crippen LogP contribution < -0.4 is 10.2 Å². The molecule has 0 spiro atoms. The van der Waals surface area contributed by atoms with E-state index in [2.05, 4.69) is 23.6 Å². The van der Waals surface area contributed by atoms with Crippen molar-refractivity contribution in [3.63, 3.8) is 0 Å². The van der Waals surface area contributed by atoms with Gasteiger partial charge in [0.2, 0.25) is 0 Å². The van der Waals surface area contributed by atoms with Crippen LogP contribution in [0.25, 0.3) is 5.70 Å². The van der Waals surface area contributed by atoms with Gasteiger partial charge in [-0.3, -0.25) is 10.2 Å². The summed E-state index contributed by atoms with van der Waals surface area (Å²) in [6.07, 6.45) is 2.06. The van der Waals surface area contributed by atoms with E-state index in [4.69, 9.17) is 16.3 Å². The summed E-state index contributed by atoms with van der Waals surface area (Å²) in [6.45, 7) is 2.05. The number of amides is 1. The summed E-state index contributed by atoms with van der Waals surface area (Å²) in [5.74, 6) is 0.584. The topological polar surface area (TPSA) is 41.6 Å². The zero-order valence-electron chi connectivity index (χ0n) is 16.2. The van der Waals surface area contributed by atoms with E-state index in [0.29, 0.717) is 10.6 Å². The second-order valence-electron chi connectivity index (χ2n) is 6.93. The molecular formula is C24H21ClN2O2. The van der Waals surface area contributed by atoms with Crippen molar-refractivity contribution in [1.82, 2.24) is 10.4 Å². The van der Waals surface area contributed by atoms with Crippen LogP contribution in [0.15, 0.2) is 78.9 Å². The van der Waals surface area contributed by atoms with Crippen LogP contribution in [0.2, 0.25) is 5.02 Å². The monoisotopic (exact) mass is 404 g/mol. The van der Waals surface area contributed by atoms with E-state index in [9.17, 15) is 4.79 Å². The van der Waals surface area contributed by atoms with Crippen molar-refractivity contribution in [2.75, 3.05) is 7.11 Å². The van der Waals surface area contributed by atoms with Gasteiger partial charge in [0.1, 0.15) is 5.75 Å². The maximum Gasteiger partial charge on any atom is 0.274 e. The van der Waals surface area contributed by atoms with Crippen molar-refractivity contribution < 1.29 is 9.53 Å². The molecule has 146 valence electrons. The summed E-state index contributed by atoms with van der Waals surface area (Å²) < 4.78 is 5.26. The number of halogens is 1. The van der Waals surface area contributed by atoms with Crippen LogP contribution in [0.3, 0.4) is 0 Å². The lowest BCUT2D eigenvalue weighted by Gasteiger charge is -2.26. The van der Waals surface area contributed by atoms with E-state index in [-0.39, 0.29) is 11.9 Å². The summed E-state index contributed by atoms with van der Waals surface area (Å²) in [7, 11) is 1.63. The number of hydrogen-bond acceptors (Lipinski definition) is 3. The van der Waals surface area contributed by atoms with E-state index >= 15 is 0 Å². The molecule has 0 fully saturated rings. The molecule has 0 aliphatic carbocycles. The number of nitrogens with zero attached hydrogens (tertiary/aromatic N) is 1. The number of hydrazine groups is 1. The van der Waals surface area contributed by atoms with Crippen molar-refractivity contribution in [3.8, 4) is 5.75 Å². The molecule has 3 aromatic rings. The minimum atomic E-state index is -0.277. The van der Waals surface area contributed by atoms with Crippen LogP contribution in [0.5, 0.6) is 5.75 Å². The molecule has 0 bridgehead atoms. The lowest BCUT2D eigenvalue weighted by molar-refractivity contribution is 0.0672. The summed E-state index contributed by atoms with van der Waals surface area (Å²) in [5.41, 5.74) is 7.80. The molecular weight excluding hydrogens is 384 g/mol. The Morgan fingerprint density at radius 2 is 1.69 bits per heavy atom. The molecule has 0 saturated heterocycles. The molecule has 4 rings (SSSR count). The Morgan fingerprint density at radius 1 is 1.00 bits per heavy atom. The molecule has 0 radical (unpaired) electrons. The van der Waals surface area contributed by atoms with Crippen LogP contribution in [-0.2, 0) is 0 Å². The maximum absolute atomic E-state index is 13.3. The predicted molar refractivity (Wildman–Crippen MR) is 116 cm³/mol. The van der Waals surface area contributed by atoms with Gasteiger partial charge < -0.3 is 4.74 Å². The van der Waals surface area contributed by atoms with Gasteiger partial charge in [-0.1, -0.05) is 65.7 Å². The van der Waals surface area contributed by atoms with Gasteiger partial charge in [-0.05, 0) is 48.4 Å². The van der Waals surface area contributed by atoms with Crippen molar-refractivity contribution in [3.05, 3.63) is 106 Å². The number of aryl methyl sites for hydroxylation is 1. The SMILES string of the molecule is COc1ccc([C@H]2C=C(c3ccc(C)cc3)NN2C(=O)c2ccccc2Cl)cc1. The second-order valence-corrected chi connectivity index (χ2v) is 7.34. The average molecular weight is 405 g/mol. The standard InChI is InChI=1S/C24H21ClN2O2/c1-16-7-9-17(10-8-16)22-15-23(18-11-13-19(29-2)14-12-18)27(26-22)24(28)20-5-3-4-6-21(20)25/h3-15,23,26H,1-2H3/t23-/m1/s1. The number of rotatable bonds is 4. The lowest BCUT2D eigenvalue weighted by Crippen LogP contribution is -2.39. The van der Waals surface area contributed by atoms with E-state index in [0.717, 1.165) is 22.6 Å². The first kappa shape index (κ1) is 19.1. The average Bonchev–Trinajstić information content (AvgIpc) is 3.19. The predicted octanol–water partition coefficient (Wildman–Crippen LogP) is 5.40. The van der Waals surface area contributed by atoms with E-state index in [1.807, 2.05) is 55.5 Å². The number of nitrogens with one attached hydrogen (secondary N) is 1. The lowest BCUT2D eigenvalue weighted by atomic mass is 10.0. The second kappa shape index (κ2) is 8.02. The molecule has 29 heavy (non-hydrogen) atoms.